The average Bonchev–Trinajstić information content (AvgIpc) is 4.07. The molecule has 2 aliphatic heterocycles. The van der Waals surface area contributed by atoms with Gasteiger partial charge in [0.1, 0.15) is 22.7 Å². The molecule has 0 bridgehead atoms. The molecule has 3 nitrogen and oxygen atoms in total. The maximum atomic E-state index is 6.68. The fourth-order valence-corrected chi connectivity index (χ4v) is 14.4. The number of anilines is 3. The normalized spacial score (nSPS) is 14.4. The lowest BCUT2D eigenvalue weighted by molar-refractivity contribution is 0.436. The van der Waals surface area contributed by atoms with Crippen LogP contribution in [-0.4, -0.2) is 0 Å². The molecule has 12 aromatic rings. The van der Waals surface area contributed by atoms with Crippen molar-refractivity contribution in [2.75, 3.05) is 4.90 Å². The van der Waals surface area contributed by atoms with Crippen LogP contribution in [0, 0.1) is 0 Å². The third-order valence-electron chi connectivity index (χ3n) is 16.0. The molecule has 0 radical (unpaired) electrons. The number of ether oxygens (including phenoxy) is 1. The first kappa shape index (κ1) is 40.0. The van der Waals surface area contributed by atoms with Gasteiger partial charge in [0.05, 0.1) is 10.8 Å². The molecule has 11 aromatic carbocycles. The van der Waals surface area contributed by atoms with Crippen LogP contribution in [0.25, 0.3) is 55.3 Å². The molecular formula is C68H41NO2S. The molecule has 2 aliphatic carbocycles. The van der Waals surface area contributed by atoms with Gasteiger partial charge in [0.15, 0.2) is 0 Å². The largest absolute Gasteiger partial charge is 0.457 e. The van der Waals surface area contributed by atoms with Gasteiger partial charge in [-0.15, -0.1) is 0 Å². The van der Waals surface area contributed by atoms with Crippen molar-refractivity contribution in [1.29, 1.82) is 0 Å². The predicted molar refractivity (Wildman–Crippen MR) is 293 cm³/mol. The van der Waals surface area contributed by atoms with Gasteiger partial charge in [0.25, 0.3) is 0 Å². The molecular weight excluding hydrogens is 895 g/mol. The van der Waals surface area contributed by atoms with Crippen LogP contribution in [0.2, 0.25) is 0 Å². The smallest absolute Gasteiger partial charge is 0.136 e. The Morgan fingerprint density at radius 2 is 0.764 bits per heavy atom. The first-order chi connectivity index (χ1) is 35.7. The van der Waals surface area contributed by atoms with E-state index in [9.17, 15) is 0 Å². The van der Waals surface area contributed by atoms with Crippen LogP contribution in [0.15, 0.2) is 263 Å². The first-order valence-corrected chi connectivity index (χ1v) is 25.5. The van der Waals surface area contributed by atoms with Crippen LogP contribution in [0.3, 0.4) is 0 Å². The van der Waals surface area contributed by atoms with Crippen LogP contribution in [-0.2, 0) is 10.8 Å². The van der Waals surface area contributed by atoms with E-state index in [4.69, 9.17) is 9.15 Å². The topological polar surface area (TPSA) is 25.6 Å². The highest BCUT2D eigenvalue weighted by atomic mass is 32.2. The Morgan fingerprint density at radius 1 is 0.319 bits per heavy atom. The summed E-state index contributed by atoms with van der Waals surface area (Å²) in [5, 5.41) is 2.26. The molecule has 72 heavy (non-hydrogen) atoms. The van der Waals surface area contributed by atoms with E-state index in [1.165, 1.54) is 65.4 Å². The molecule has 4 heteroatoms. The Morgan fingerprint density at radius 3 is 1.38 bits per heavy atom. The number of para-hydroxylation sites is 3. The molecule has 336 valence electrons. The summed E-state index contributed by atoms with van der Waals surface area (Å²) in [4.78, 5) is 5.06. The minimum atomic E-state index is -0.558. The van der Waals surface area contributed by atoms with Gasteiger partial charge in [-0.3, -0.25) is 0 Å². The van der Waals surface area contributed by atoms with Crippen molar-refractivity contribution in [3.05, 3.63) is 293 Å². The van der Waals surface area contributed by atoms with E-state index in [2.05, 4.69) is 248 Å². The van der Waals surface area contributed by atoms with Crippen molar-refractivity contribution in [2.45, 2.75) is 20.6 Å². The monoisotopic (exact) mass is 935 g/mol. The molecule has 16 rings (SSSR count). The van der Waals surface area contributed by atoms with Crippen molar-refractivity contribution in [1.82, 2.24) is 0 Å². The molecule has 3 heterocycles. The molecule has 0 fully saturated rings. The number of rotatable bonds is 4. The van der Waals surface area contributed by atoms with E-state index in [1.54, 1.807) is 0 Å². The van der Waals surface area contributed by atoms with Gasteiger partial charge in [-0.05, 0) is 140 Å². The number of fused-ring (bicyclic) bond motifs is 21. The van der Waals surface area contributed by atoms with Gasteiger partial charge >= 0.3 is 0 Å². The lowest BCUT2D eigenvalue weighted by atomic mass is 9.66. The molecule has 0 saturated carbocycles. The zero-order valence-electron chi connectivity index (χ0n) is 38.8. The van der Waals surface area contributed by atoms with E-state index in [1.807, 2.05) is 17.8 Å². The van der Waals surface area contributed by atoms with Gasteiger partial charge in [-0.25, -0.2) is 0 Å². The van der Waals surface area contributed by atoms with Crippen molar-refractivity contribution >= 4 is 50.8 Å². The molecule has 0 unspecified atom stereocenters. The van der Waals surface area contributed by atoms with E-state index >= 15 is 0 Å². The summed E-state index contributed by atoms with van der Waals surface area (Å²) in [6.07, 6.45) is 0. The third-order valence-corrected chi connectivity index (χ3v) is 17.2. The number of hydrogen-bond donors (Lipinski definition) is 0. The fraction of sp³-hybridized carbons (Fsp3) is 0.0294. The summed E-state index contributed by atoms with van der Waals surface area (Å²) in [6.45, 7) is 0. The fourth-order valence-electron chi connectivity index (χ4n) is 13.2. The molecule has 0 N–H and O–H groups in total. The van der Waals surface area contributed by atoms with E-state index < -0.39 is 10.8 Å². The quantitative estimate of drug-likeness (QED) is 0.176. The Labute approximate surface area is 421 Å². The Bertz CT molecular complexity index is 3970. The Balaban J connectivity index is 0.928. The Hall–Kier alpha value is -8.83. The average molecular weight is 936 g/mol. The summed E-state index contributed by atoms with van der Waals surface area (Å²) in [7, 11) is 0. The van der Waals surface area contributed by atoms with Crippen molar-refractivity contribution in [3.8, 4) is 44.9 Å². The van der Waals surface area contributed by atoms with E-state index in [-0.39, 0.29) is 0 Å². The highest BCUT2D eigenvalue weighted by Gasteiger charge is 2.52. The van der Waals surface area contributed by atoms with Crippen molar-refractivity contribution in [3.63, 3.8) is 0 Å². The summed E-state index contributed by atoms with van der Waals surface area (Å²) < 4.78 is 13.0. The van der Waals surface area contributed by atoms with Crippen molar-refractivity contribution < 1.29 is 9.15 Å². The van der Waals surface area contributed by atoms with E-state index in [0.717, 1.165) is 72.8 Å². The molecule has 1 aromatic heterocycles. The molecule has 0 saturated heterocycles. The standard InChI is InChI=1S/C68H41NO2S/c1-4-20-52-47(16-1)50-40-44(36-38-54(50)67(52)56-22-6-11-27-61(56)71-62-28-12-7-23-57(62)67)69(43-34-32-42(33-35-43)46-19-15-29-63-66(46)49-18-3-10-26-60(49)70-63)45-37-39-55-51(41-45)48-17-2-5-21-53(48)68(55)58-24-8-13-30-64(58)72-65-31-14-9-25-59(65)68/h1-41H. The summed E-state index contributed by atoms with van der Waals surface area (Å²) in [5.41, 5.74) is 21.4. The van der Waals surface area contributed by atoms with Crippen LogP contribution in [0.1, 0.15) is 44.5 Å². The second kappa shape index (κ2) is 14.8. The number of benzene rings is 11. The minimum absolute atomic E-state index is 0.463. The maximum Gasteiger partial charge on any atom is 0.136 e. The van der Waals surface area contributed by atoms with Crippen LogP contribution >= 0.6 is 11.8 Å². The Kier molecular flexibility index (Phi) is 8.24. The second-order valence-corrected chi connectivity index (χ2v) is 20.5. The number of nitrogens with zero attached hydrogens (tertiary/aromatic N) is 1. The van der Waals surface area contributed by atoms with Crippen LogP contribution in [0.4, 0.5) is 17.1 Å². The number of hydrogen-bond acceptors (Lipinski definition) is 4. The predicted octanol–water partition coefficient (Wildman–Crippen LogP) is 18.0. The first-order valence-electron chi connectivity index (χ1n) is 24.7. The minimum Gasteiger partial charge on any atom is -0.457 e. The lowest BCUT2D eigenvalue weighted by Gasteiger charge is -2.39. The third kappa shape index (κ3) is 5.21. The second-order valence-electron chi connectivity index (χ2n) is 19.4. The molecule has 4 aliphatic rings. The SMILES string of the molecule is c1ccc2c(c1)Oc1ccccc1C21c2ccccc2-c2cc(N(c3ccc(-c4cccc5oc6ccccc6c45)cc3)c3ccc4c(c3)-c3ccccc3C43c4ccccc4Sc4ccccc43)ccc21. The summed E-state index contributed by atoms with van der Waals surface area (Å²) in [5.74, 6) is 1.78. The summed E-state index contributed by atoms with van der Waals surface area (Å²) in [6, 6.07) is 91.6. The van der Waals surface area contributed by atoms with E-state index in [0.29, 0.717) is 0 Å². The maximum absolute atomic E-state index is 6.68. The van der Waals surface area contributed by atoms with Gasteiger partial charge < -0.3 is 14.1 Å². The molecule has 0 atom stereocenters. The molecule has 0 amide bonds. The van der Waals surface area contributed by atoms with Gasteiger partial charge in [-0.1, -0.05) is 188 Å². The van der Waals surface area contributed by atoms with Gasteiger partial charge in [-0.2, -0.15) is 0 Å². The zero-order chi connectivity index (χ0) is 47.1. The highest BCUT2D eigenvalue weighted by Crippen LogP contribution is 2.65. The van der Waals surface area contributed by atoms with Crippen LogP contribution in [0.5, 0.6) is 11.5 Å². The zero-order valence-corrected chi connectivity index (χ0v) is 39.7. The summed E-state index contributed by atoms with van der Waals surface area (Å²) >= 11 is 1.88. The number of furan rings is 1. The van der Waals surface area contributed by atoms with Gasteiger partial charge in [0.2, 0.25) is 0 Å². The lowest BCUT2D eigenvalue weighted by Crippen LogP contribution is -2.32. The highest BCUT2D eigenvalue weighted by molar-refractivity contribution is 7.99. The van der Waals surface area contributed by atoms with Gasteiger partial charge in [0, 0.05) is 48.8 Å². The van der Waals surface area contributed by atoms with Crippen LogP contribution < -0.4 is 9.64 Å². The van der Waals surface area contributed by atoms with Crippen molar-refractivity contribution in [2.24, 2.45) is 0 Å². The molecule has 2 spiro atoms.